The Morgan fingerprint density at radius 2 is 2.30 bits per heavy atom. The molecule has 0 unspecified atom stereocenters. The van der Waals surface area contributed by atoms with Crippen LogP contribution in [0.1, 0.15) is 21.5 Å². The number of benzene rings is 1. The van der Waals surface area contributed by atoms with Crippen molar-refractivity contribution in [1.82, 2.24) is 9.78 Å². The molecular formula is C15H16N4O. The number of carbonyl (C=O) groups is 1. The quantitative estimate of drug-likeness (QED) is 0.806. The summed E-state index contributed by atoms with van der Waals surface area (Å²) >= 11 is 0. The average molecular weight is 268 g/mol. The van der Waals surface area contributed by atoms with Gasteiger partial charge in [-0.1, -0.05) is 11.8 Å². The van der Waals surface area contributed by atoms with Gasteiger partial charge in [-0.15, -0.1) is 0 Å². The van der Waals surface area contributed by atoms with E-state index in [0.717, 1.165) is 16.8 Å². The highest BCUT2D eigenvalue weighted by Crippen LogP contribution is 2.17. The number of hydrogen-bond acceptors (Lipinski definition) is 3. The second kappa shape index (κ2) is 6.04. The van der Waals surface area contributed by atoms with Gasteiger partial charge in [0.05, 0.1) is 18.3 Å². The van der Waals surface area contributed by atoms with Gasteiger partial charge in [0.15, 0.2) is 0 Å². The standard InChI is InChI=1S/C15H16N4O/c1-11-8-12(4-3-7-16)5-6-14(11)18-15(20)13-9-17-19(2)10-13/h5-6,8-10H,7,16H2,1-2H3,(H,18,20). The Labute approximate surface area is 117 Å². The Hall–Kier alpha value is -2.58. The number of rotatable bonds is 2. The fraction of sp³-hybridized carbons (Fsp3) is 0.200. The Kier molecular flexibility index (Phi) is 4.18. The van der Waals surface area contributed by atoms with Crippen molar-refractivity contribution in [2.24, 2.45) is 12.8 Å². The molecule has 1 amide bonds. The third-order valence-electron chi connectivity index (χ3n) is 2.78. The Balaban J connectivity index is 2.16. The molecule has 0 atom stereocenters. The van der Waals surface area contributed by atoms with Crippen LogP contribution < -0.4 is 11.1 Å². The number of amides is 1. The van der Waals surface area contributed by atoms with Gasteiger partial charge >= 0.3 is 0 Å². The van der Waals surface area contributed by atoms with Crippen LogP contribution in [0.25, 0.3) is 0 Å². The normalized spacial score (nSPS) is 9.75. The molecule has 0 aliphatic heterocycles. The Bertz CT molecular complexity index is 691. The molecule has 0 bridgehead atoms. The summed E-state index contributed by atoms with van der Waals surface area (Å²) < 4.78 is 1.59. The molecule has 0 radical (unpaired) electrons. The molecule has 2 aromatic rings. The van der Waals surface area contributed by atoms with Crippen LogP contribution >= 0.6 is 0 Å². The molecule has 0 aliphatic carbocycles. The first-order valence-electron chi connectivity index (χ1n) is 6.19. The van der Waals surface area contributed by atoms with E-state index in [1.54, 1.807) is 17.9 Å². The predicted molar refractivity (Wildman–Crippen MR) is 78.3 cm³/mol. The van der Waals surface area contributed by atoms with E-state index in [-0.39, 0.29) is 5.91 Å². The van der Waals surface area contributed by atoms with Crippen LogP contribution in [0.2, 0.25) is 0 Å². The zero-order valence-electron chi connectivity index (χ0n) is 11.5. The van der Waals surface area contributed by atoms with Crippen molar-refractivity contribution in [2.45, 2.75) is 6.92 Å². The van der Waals surface area contributed by atoms with Crippen molar-refractivity contribution in [3.8, 4) is 11.8 Å². The van der Waals surface area contributed by atoms with Crippen molar-refractivity contribution in [3.63, 3.8) is 0 Å². The van der Waals surface area contributed by atoms with E-state index >= 15 is 0 Å². The number of nitrogens with two attached hydrogens (primary N) is 1. The maximum Gasteiger partial charge on any atom is 0.258 e. The second-order valence-electron chi connectivity index (χ2n) is 4.39. The number of carbonyl (C=O) groups excluding carboxylic acids is 1. The third-order valence-corrected chi connectivity index (χ3v) is 2.78. The molecule has 1 heterocycles. The van der Waals surface area contributed by atoms with Crippen LogP contribution in [-0.2, 0) is 7.05 Å². The monoisotopic (exact) mass is 268 g/mol. The maximum atomic E-state index is 12.0. The number of anilines is 1. The number of aryl methyl sites for hydroxylation is 2. The minimum Gasteiger partial charge on any atom is -0.322 e. The third kappa shape index (κ3) is 3.25. The molecule has 0 spiro atoms. The van der Waals surface area contributed by atoms with Crippen molar-refractivity contribution >= 4 is 11.6 Å². The average Bonchev–Trinajstić information content (AvgIpc) is 2.86. The molecule has 1 aromatic heterocycles. The smallest absolute Gasteiger partial charge is 0.258 e. The summed E-state index contributed by atoms with van der Waals surface area (Å²) in [5.41, 5.74) is 8.46. The van der Waals surface area contributed by atoms with Crippen molar-refractivity contribution in [2.75, 3.05) is 11.9 Å². The van der Waals surface area contributed by atoms with Gasteiger partial charge in [0.2, 0.25) is 0 Å². The van der Waals surface area contributed by atoms with Gasteiger partial charge in [-0.05, 0) is 30.7 Å². The van der Waals surface area contributed by atoms with Gasteiger partial charge < -0.3 is 11.1 Å². The van der Waals surface area contributed by atoms with Crippen LogP contribution in [0.5, 0.6) is 0 Å². The summed E-state index contributed by atoms with van der Waals surface area (Å²) in [6.45, 7) is 2.25. The molecule has 1 aromatic carbocycles. The Morgan fingerprint density at radius 3 is 2.90 bits per heavy atom. The minimum atomic E-state index is -0.179. The van der Waals surface area contributed by atoms with Crippen LogP contribution in [0, 0.1) is 18.8 Å². The summed E-state index contributed by atoms with van der Waals surface area (Å²) in [5.74, 6) is 5.58. The summed E-state index contributed by atoms with van der Waals surface area (Å²) in [5, 5.41) is 6.83. The van der Waals surface area contributed by atoms with E-state index in [1.165, 1.54) is 6.20 Å². The van der Waals surface area contributed by atoms with Crippen molar-refractivity contribution in [3.05, 3.63) is 47.3 Å². The molecule has 5 nitrogen and oxygen atoms in total. The first-order valence-corrected chi connectivity index (χ1v) is 6.19. The topological polar surface area (TPSA) is 72.9 Å². The predicted octanol–water partition coefficient (Wildman–Crippen LogP) is 1.29. The molecular weight excluding hydrogens is 252 g/mol. The fourth-order valence-corrected chi connectivity index (χ4v) is 1.77. The molecule has 5 heteroatoms. The molecule has 0 saturated heterocycles. The first-order chi connectivity index (χ1) is 9.60. The van der Waals surface area contributed by atoms with Gasteiger partial charge in [0.25, 0.3) is 5.91 Å². The summed E-state index contributed by atoms with van der Waals surface area (Å²) in [6.07, 6.45) is 3.21. The molecule has 0 fully saturated rings. The molecule has 0 saturated carbocycles. The summed E-state index contributed by atoms with van der Waals surface area (Å²) in [6, 6.07) is 5.61. The van der Waals surface area contributed by atoms with Crippen LogP contribution in [-0.4, -0.2) is 22.2 Å². The van der Waals surface area contributed by atoms with E-state index in [2.05, 4.69) is 22.3 Å². The number of nitrogens with zero attached hydrogens (tertiary/aromatic N) is 2. The van der Waals surface area contributed by atoms with Gasteiger partial charge in [-0.2, -0.15) is 5.10 Å². The van der Waals surface area contributed by atoms with E-state index < -0.39 is 0 Å². The highest BCUT2D eigenvalue weighted by Gasteiger charge is 2.09. The molecule has 20 heavy (non-hydrogen) atoms. The zero-order valence-corrected chi connectivity index (χ0v) is 11.5. The van der Waals surface area contributed by atoms with Gasteiger partial charge in [0.1, 0.15) is 0 Å². The number of hydrogen-bond donors (Lipinski definition) is 2. The molecule has 0 aliphatic rings. The molecule has 2 rings (SSSR count). The lowest BCUT2D eigenvalue weighted by Crippen LogP contribution is -2.12. The SMILES string of the molecule is Cc1cc(C#CCN)ccc1NC(=O)c1cnn(C)c1. The van der Waals surface area contributed by atoms with Gasteiger partial charge in [0, 0.05) is 24.5 Å². The van der Waals surface area contributed by atoms with Crippen LogP contribution in [0.4, 0.5) is 5.69 Å². The second-order valence-corrected chi connectivity index (χ2v) is 4.39. The lowest BCUT2D eigenvalue weighted by atomic mass is 10.1. The number of aromatic nitrogens is 2. The number of nitrogens with one attached hydrogen (secondary N) is 1. The lowest BCUT2D eigenvalue weighted by Gasteiger charge is -2.07. The fourth-order valence-electron chi connectivity index (χ4n) is 1.77. The zero-order chi connectivity index (χ0) is 14.5. The Morgan fingerprint density at radius 1 is 1.50 bits per heavy atom. The summed E-state index contributed by atoms with van der Waals surface area (Å²) in [7, 11) is 1.77. The first kappa shape index (κ1) is 13.8. The highest BCUT2D eigenvalue weighted by atomic mass is 16.1. The van der Waals surface area contributed by atoms with Crippen molar-refractivity contribution < 1.29 is 4.79 Å². The van der Waals surface area contributed by atoms with Crippen molar-refractivity contribution in [1.29, 1.82) is 0 Å². The largest absolute Gasteiger partial charge is 0.322 e. The van der Waals surface area contributed by atoms with Gasteiger partial charge in [-0.25, -0.2) is 0 Å². The molecule has 102 valence electrons. The van der Waals surface area contributed by atoms with E-state index in [9.17, 15) is 4.79 Å². The van der Waals surface area contributed by atoms with E-state index in [1.807, 2.05) is 25.1 Å². The highest BCUT2D eigenvalue weighted by molar-refractivity contribution is 6.04. The van der Waals surface area contributed by atoms with E-state index in [0.29, 0.717) is 12.1 Å². The van der Waals surface area contributed by atoms with E-state index in [4.69, 9.17) is 5.73 Å². The lowest BCUT2D eigenvalue weighted by molar-refractivity contribution is 0.102. The van der Waals surface area contributed by atoms with Gasteiger partial charge in [-0.3, -0.25) is 9.48 Å². The summed E-state index contributed by atoms with van der Waals surface area (Å²) in [4.78, 5) is 12.0. The maximum absolute atomic E-state index is 12.0. The van der Waals surface area contributed by atoms with Crippen LogP contribution in [0.3, 0.4) is 0 Å². The van der Waals surface area contributed by atoms with Crippen LogP contribution in [0.15, 0.2) is 30.6 Å². The minimum absolute atomic E-state index is 0.179. The molecule has 3 N–H and O–H groups in total.